The maximum atomic E-state index is 12.0. The van der Waals surface area contributed by atoms with Gasteiger partial charge in [0.2, 0.25) is 0 Å². The van der Waals surface area contributed by atoms with E-state index in [1.54, 1.807) is 36.2 Å². The van der Waals surface area contributed by atoms with Crippen molar-refractivity contribution in [3.05, 3.63) is 29.8 Å². The van der Waals surface area contributed by atoms with Gasteiger partial charge in [-0.15, -0.1) is 0 Å². The second kappa shape index (κ2) is 6.96. The molecule has 0 heterocycles. The van der Waals surface area contributed by atoms with Crippen LogP contribution in [-0.2, 0) is 0 Å². The fourth-order valence-electron chi connectivity index (χ4n) is 1.46. The van der Waals surface area contributed by atoms with E-state index in [1.165, 1.54) is 0 Å². The smallest absolute Gasteiger partial charge is 0.253 e. The minimum Gasteiger partial charge on any atom is -0.494 e. The molecule has 0 spiro atoms. The van der Waals surface area contributed by atoms with E-state index >= 15 is 0 Å². The zero-order valence-electron chi connectivity index (χ0n) is 10.7. The minimum atomic E-state index is -0.0469. The van der Waals surface area contributed by atoms with Gasteiger partial charge in [-0.3, -0.25) is 4.79 Å². The Kier molecular flexibility index (Phi) is 5.58. The number of thiocarbonyl (C=S) groups is 1. The molecule has 18 heavy (non-hydrogen) atoms. The Balaban J connectivity index is 2.62. The molecule has 0 aromatic heterocycles. The summed E-state index contributed by atoms with van der Waals surface area (Å²) >= 11 is 4.79. The predicted molar refractivity (Wildman–Crippen MR) is 76.0 cm³/mol. The Bertz CT molecular complexity index is 418. The molecular weight excluding hydrogens is 248 g/mol. The highest BCUT2D eigenvalue weighted by Gasteiger charge is 2.11. The van der Waals surface area contributed by atoms with E-state index in [0.29, 0.717) is 30.1 Å². The van der Waals surface area contributed by atoms with Crippen molar-refractivity contribution in [2.24, 2.45) is 5.73 Å². The van der Waals surface area contributed by atoms with Gasteiger partial charge in [-0.1, -0.05) is 12.2 Å². The summed E-state index contributed by atoms with van der Waals surface area (Å²) in [5.74, 6) is 0.717. The number of hydrogen-bond donors (Lipinski definition) is 1. The standard InChI is InChI=1S/C13H18N2O2S/c1-3-17-11-6-4-10(5-7-11)13(16)15(2)9-8-12(14)18/h4-7H,3,8-9H2,1-2H3,(H2,14,18). The molecule has 1 aromatic carbocycles. The van der Waals surface area contributed by atoms with Crippen LogP contribution in [0.1, 0.15) is 23.7 Å². The Morgan fingerprint density at radius 3 is 2.50 bits per heavy atom. The van der Waals surface area contributed by atoms with E-state index < -0.39 is 0 Å². The second-order valence-electron chi connectivity index (χ2n) is 3.90. The highest BCUT2D eigenvalue weighted by molar-refractivity contribution is 7.80. The van der Waals surface area contributed by atoms with Crippen LogP contribution >= 0.6 is 12.2 Å². The molecule has 0 saturated heterocycles. The van der Waals surface area contributed by atoms with Gasteiger partial charge in [0, 0.05) is 25.6 Å². The van der Waals surface area contributed by atoms with Gasteiger partial charge in [0.05, 0.1) is 11.6 Å². The average molecular weight is 266 g/mol. The number of hydrogen-bond acceptors (Lipinski definition) is 3. The normalized spacial score (nSPS) is 9.89. The third kappa shape index (κ3) is 4.33. The fourth-order valence-corrected chi connectivity index (χ4v) is 1.55. The molecule has 2 N–H and O–H groups in total. The lowest BCUT2D eigenvalue weighted by atomic mass is 10.2. The summed E-state index contributed by atoms with van der Waals surface area (Å²) in [6.07, 6.45) is 0.536. The first-order valence-electron chi connectivity index (χ1n) is 5.81. The van der Waals surface area contributed by atoms with Crippen molar-refractivity contribution in [3.63, 3.8) is 0 Å². The van der Waals surface area contributed by atoms with Gasteiger partial charge in [0.15, 0.2) is 0 Å². The molecule has 1 amide bonds. The van der Waals surface area contributed by atoms with Crippen molar-refractivity contribution in [1.29, 1.82) is 0 Å². The molecule has 0 aliphatic heterocycles. The number of carbonyl (C=O) groups excluding carboxylic acids is 1. The lowest BCUT2D eigenvalue weighted by Crippen LogP contribution is -2.29. The van der Waals surface area contributed by atoms with E-state index in [-0.39, 0.29) is 5.91 Å². The monoisotopic (exact) mass is 266 g/mol. The number of nitrogens with zero attached hydrogens (tertiary/aromatic N) is 1. The lowest BCUT2D eigenvalue weighted by molar-refractivity contribution is 0.0799. The molecular formula is C13H18N2O2S. The molecule has 0 saturated carbocycles. The largest absolute Gasteiger partial charge is 0.494 e. The molecule has 0 radical (unpaired) electrons. The highest BCUT2D eigenvalue weighted by Crippen LogP contribution is 2.13. The van der Waals surface area contributed by atoms with Gasteiger partial charge in [-0.05, 0) is 31.2 Å². The van der Waals surface area contributed by atoms with Crippen molar-refractivity contribution >= 4 is 23.1 Å². The van der Waals surface area contributed by atoms with Gasteiger partial charge in [-0.25, -0.2) is 0 Å². The summed E-state index contributed by atoms with van der Waals surface area (Å²) in [6, 6.07) is 7.09. The Hall–Kier alpha value is -1.62. The Labute approximate surface area is 113 Å². The summed E-state index contributed by atoms with van der Waals surface area (Å²) in [5, 5.41) is 0. The Morgan fingerprint density at radius 1 is 1.39 bits per heavy atom. The molecule has 5 heteroatoms. The highest BCUT2D eigenvalue weighted by atomic mass is 32.1. The van der Waals surface area contributed by atoms with Gasteiger partial charge in [-0.2, -0.15) is 0 Å². The fraction of sp³-hybridized carbons (Fsp3) is 0.385. The predicted octanol–water partition coefficient (Wildman–Crippen LogP) is 1.83. The molecule has 0 aliphatic carbocycles. The molecule has 0 fully saturated rings. The van der Waals surface area contributed by atoms with Crippen LogP contribution in [0.25, 0.3) is 0 Å². The quantitative estimate of drug-likeness (QED) is 0.798. The number of ether oxygens (including phenoxy) is 1. The van der Waals surface area contributed by atoms with Crippen molar-refractivity contribution in [2.45, 2.75) is 13.3 Å². The summed E-state index contributed by atoms with van der Waals surface area (Å²) in [6.45, 7) is 3.06. The van der Waals surface area contributed by atoms with Crippen molar-refractivity contribution in [3.8, 4) is 5.75 Å². The molecule has 0 aliphatic rings. The molecule has 0 unspecified atom stereocenters. The third-order valence-electron chi connectivity index (χ3n) is 2.45. The summed E-state index contributed by atoms with van der Waals surface area (Å²) < 4.78 is 5.32. The van der Waals surface area contributed by atoms with Gasteiger partial charge < -0.3 is 15.4 Å². The van der Waals surface area contributed by atoms with Gasteiger partial charge >= 0.3 is 0 Å². The van der Waals surface area contributed by atoms with Gasteiger partial charge in [0.1, 0.15) is 5.75 Å². The average Bonchev–Trinajstić information content (AvgIpc) is 2.36. The van der Waals surface area contributed by atoms with Gasteiger partial charge in [0.25, 0.3) is 5.91 Å². The topological polar surface area (TPSA) is 55.6 Å². The van der Waals surface area contributed by atoms with Crippen LogP contribution in [0.15, 0.2) is 24.3 Å². The van der Waals surface area contributed by atoms with E-state index in [2.05, 4.69) is 0 Å². The number of benzene rings is 1. The summed E-state index contributed by atoms with van der Waals surface area (Å²) in [4.78, 5) is 14.1. The third-order valence-corrected chi connectivity index (χ3v) is 2.66. The van der Waals surface area contributed by atoms with Crippen molar-refractivity contribution in [2.75, 3.05) is 20.2 Å². The maximum absolute atomic E-state index is 12.0. The number of rotatable bonds is 6. The first kappa shape index (κ1) is 14.4. The number of amides is 1. The first-order valence-corrected chi connectivity index (χ1v) is 6.22. The van der Waals surface area contributed by atoms with E-state index in [0.717, 1.165) is 5.75 Å². The van der Waals surface area contributed by atoms with Crippen LogP contribution in [0, 0.1) is 0 Å². The van der Waals surface area contributed by atoms with Crippen LogP contribution in [-0.4, -0.2) is 36.0 Å². The molecule has 98 valence electrons. The molecule has 0 bridgehead atoms. The molecule has 1 rings (SSSR count). The number of nitrogens with two attached hydrogens (primary N) is 1. The maximum Gasteiger partial charge on any atom is 0.253 e. The molecule has 4 nitrogen and oxygen atoms in total. The van der Waals surface area contributed by atoms with E-state index in [9.17, 15) is 4.79 Å². The first-order chi connectivity index (χ1) is 8.54. The van der Waals surface area contributed by atoms with Crippen molar-refractivity contribution in [1.82, 2.24) is 4.90 Å². The van der Waals surface area contributed by atoms with Crippen molar-refractivity contribution < 1.29 is 9.53 Å². The van der Waals surface area contributed by atoms with Crippen LogP contribution in [0.5, 0.6) is 5.75 Å². The van der Waals surface area contributed by atoms with Crippen LogP contribution in [0.3, 0.4) is 0 Å². The van der Waals surface area contributed by atoms with E-state index in [1.807, 2.05) is 6.92 Å². The number of carbonyl (C=O) groups is 1. The zero-order chi connectivity index (χ0) is 13.5. The van der Waals surface area contributed by atoms with Crippen LogP contribution in [0.4, 0.5) is 0 Å². The van der Waals surface area contributed by atoms with Crippen LogP contribution < -0.4 is 10.5 Å². The molecule has 0 atom stereocenters. The second-order valence-corrected chi connectivity index (χ2v) is 4.42. The Morgan fingerprint density at radius 2 is 2.00 bits per heavy atom. The summed E-state index contributed by atoms with van der Waals surface area (Å²) in [5.41, 5.74) is 6.04. The molecule has 1 aromatic rings. The lowest BCUT2D eigenvalue weighted by Gasteiger charge is -2.16. The van der Waals surface area contributed by atoms with E-state index in [4.69, 9.17) is 22.7 Å². The SMILES string of the molecule is CCOc1ccc(C(=O)N(C)CCC(N)=S)cc1. The minimum absolute atomic E-state index is 0.0469. The summed E-state index contributed by atoms with van der Waals surface area (Å²) in [7, 11) is 1.73. The zero-order valence-corrected chi connectivity index (χ0v) is 11.5. The van der Waals surface area contributed by atoms with Crippen LogP contribution in [0.2, 0.25) is 0 Å².